The molecule has 2 aromatic carbocycles. The van der Waals surface area contributed by atoms with Gasteiger partial charge >= 0.3 is 0 Å². The van der Waals surface area contributed by atoms with Gasteiger partial charge in [-0.1, -0.05) is 51.8 Å². The van der Waals surface area contributed by atoms with Crippen LogP contribution in [-0.2, 0) is 0 Å². The Kier molecular flexibility index (Phi) is 4.15. The first kappa shape index (κ1) is 15.6. The smallest absolute Gasteiger partial charge is 0.255 e. The molecule has 23 heavy (non-hydrogen) atoms. The maximum atomic E-state index is 12.5. The SMILES string of the molecule is O=C(NC1=C(Cl)C(=O)c2ccccc2C1=O)c1ccc(Br)cc1. The van der Waals surface area contributed by atoms with E-state index in [1.54, 1.807) is 36.4 Å². The Hall–Kier alpha value is -2.24. The minimum absolute atomic E-state index is 0.191. The van der Waals surface area contributed by atoms with E-state index in [1.165, 1.54) is 12.1 Å². The molecule has 4 nitrogen and oxygen atoms in total. The Morgan fingerprint density at radius 1 is 0.913 bits per heavy atom. The highest BCUT2D eigenvalue weighted by molar-refractivity contribution is 9.10. The molecule has 0 spiro atoms. The third kappa shape index (κ3) is 2.85. The third-order valence-electron chi connectivity index (χ3n) is 3.41. The first-order valence-corrected chi connectivity index (χ1v) is 7.81. The monoisotopic (exact) mass is 389 g/mol. The number of carbonyl (C=O) groups is 3. The second-order valence-corrected chi connectivity index (χ2v) is 6.15. The molecule has 0 aromatic heterocycles. The summed E-state index contributed by atoms with van der Waals surface area (Å²) in [6.07, 6.45) is 0. The average Bonchev–Trinajstić information content (AvgIpc) is 2.57. The van der Waals surface area contributed by atoms with Gasteiger partial charge in [0.05, 0.1) is 0 Å². The molecule has 3 rings (SSSR count). The van der Waals surface area contributed by atoms with Gasteiger partial charge in [0, 0.05) is 21.2 Å². The average molecular weight is 391 g/mol. The van der Waals surface area contributed by atoms with Gasteiger partial charge in [0.1, 0.15) is 10.7 Å². The van der Waals surface area contributed by atoms with Crippen molar-refractivity contribution in [1.29, 1.82) is 0 Å². The van der Waals surface area contributed by atoms with Gasteiger partial charge in [-0.15, -0.1) is 0 Å². The van der Waals surface area contributed by atoms with E-state index in [-0.39, 0.29) is 21.9 Å². The Morgan fingerprint density at radius 2 is 1.48 bits per heavy atom. The molecule has 1 aliphatic carbocycles. The first-order chi connectivity index (χ1) is 11.0. The number of halogens is 2. The lowest BCUT2D eigenvalue weighted by atomic mass is 9.92. The summed E-state index contributed by atoms with van der Waals surface area (Å²) in [4.78, 5) is 37.0. The molecule has 2 aromatic rings. The number of benzene rings is 2. The van der Waals surface area contributed by atoms with Crippen LogP contribution in [0.15, 0.2) is 63.7 Å². The van der Waals surface area contributed by atoms with Gasteiger partial charge in [-0.05, 0) is 24.3 Å². The lowest BCUT2D eigenvalue weighted by Gasteiger charge is -2.18. The normalized spacial score (nSPS) is 13.8. The number of carbonyl (C=O) groups excluding carboxylic acids is 3. The van der Waals surface area contributed by atoms with Crippen molar-refractivity contribution in [2.75, 3.05) is 0 Å². The topological polar surface area (TPSA) is 63.2 Å². The number of nitrogens with one attached hydrogen (secondary N) is 1. The van der Waals surface area contributed by atoms with Crippen LogP contribution in [0, 0.1) is 0 Å². The van der Waals surface area contributed by atoms with Gasteiger partial charge < -0.3 is 5.32 Å². The van der Waals surface area contributed by atoms with Gasteiger partial charge in [-0.25, -0.2) is 0 Å². The second kappa shape index (κ2) is 6.10. The van der Waals surface area contributed by atoms with E-state index in [9.17, 15) is 14.4 Å². The summed E-state index contributed by atoms with van der Waals surface area (Å²) in [5.74, 6) is -1.46. The molecule has 1 N–H and O–H groups in total. The van der Waals surface area contributed by atoms with E-state index in [0.717, 1.165) is 4.47 Å². The molecule has 1 amide bonds. The van der Waals surface area contributed by atoms with Crippen molar-refractivity contribution in [2.24, 2.45) is 0 Å². The van der Waals surface area contributed by atoms with Crippen molar-refractivity contribution in [2.45, 2.75) is 0 Å². The van der Waals surface area contributed by atoms with Crippen molar-refractivity contribution >= 4 is 45.0 Å². The number of amides is 1. The molecule has 0 bridgehead atoms. The number of fused-ring (bicyclic) bond motifs is 1. The van der Waals surface area contributed by atoms with Crippen molar-refractivity contribution in [3.05, 3.63) is 80.4 Å². The zero-order valence-electron chi connectivity index (χ0n) is 11.6. The summed E-state index contributed by atoms with van der Waals surface area (Å²) in [7, 11) is 0. The van der Waals surface area contributed by atoms with Gasteiger partial charge in [0.25, 0.3) is 5.91 Å². The van der Waals surface area contributed by atoms with Crippen LogP contribution in [0.2, 0.25) is 0 Å². The van der Waals surface area contributed by atoms with Crippen LogP contribution in [0.25, 0.3) is 0 Å². The fourth-order valence-corrected chi connectivity index (χ4v) is 2.74. The molecule has 1 aliphatic rings. The van der Waals surface area contributed by atoms with Crippen LogP contribution < -0.4 is 5.32 Å². The molecule has 6 heteroatoms. The Bertz CT molecular complexity index is 872. The molecule has 0 saturated heterocycles. The lowest BCUT2D eigenvalue weighted by molar-refractivity contribution is 0.0923. The van der Waals surface area contributed by atoms with Crippen LogP contribution in [0.3, 0.4) is 0 Å². The second-order valence-electron chi connectivity index (χ2n) is 4.85. The quantitative estimate of drug-likeness (QED) is 0.850. The third-order valence-corrected chi connectivity index (χ3v) is 4.30. The maximum Gasteiger partial charge on any atom is 0.255 e. The van der Waals surface area contributed by atoms with Crippen molar-refractivity contribution in [1.82, 2.24) is 5.32 Å². The van der Waals surface area contributed by atoms with Crippen LogP contribution in [0.1, 0.15) is 31.1 Å². The molecule has 114 valence electrons. The van der Waals surface area contributed by atoms with Crippen LogP contribution >= 0.6 is 27.5 Å². The highest BCUT2D eigenvalue weighted by Crippen LogP contribution is 2.27. The first-order valence-electron chi connectivity index (χ1n) is 6.64. The van der Waals surface area contributed by atoms with E-state index < -0.39 is 17.5 Å². The van der Waals surface area contributed by atoms with E-state index in [1.807, 2.05) is 0 Å². The predicted octanol–water partition coefficient (Wildman–Crippen LogP) is 3.71. The minimum atomic E-state index is -0.508. The molecule has 0 saturated carbocycles. The fraction of sp³-hybridized carbons (Fsp3) is 0. The van der Waals surface area contributed by atoms with Crippen LogP contribution in [-0.4, -0.2) is 17.5 Å². The molecule has 0 radical (unpaired) electrons. The van der Waals surface area contributed by atoms with Crippen molar-refractivity contribution < 1.29 is 14.4 Å². The molecular formula is C17H9BrClNO3. The number of allylic oxidation sites excluding steroid dienone is 2. The summed E-state index contributed by atoms with van der Waals surface area (Å²) in [5.41, 5.74) is 0.629. The Labute approximate surface area is 145 Å². The highest BCUT2D eigenvalue weighted by Gasteiger charge is 2.32. The number of rotatable bonds is 2. The highest BCUT2D eigenvalue weighted by atomic mass is 79.9. The molecule has 0 unspecified atom stereocenters. The van der Waals surface area contributed by atoms with Gasteiger partial charge in [0.15, 0.2) is 0 Å². The van der Waals surface area contributed by atoms with Gasteiger partial charge in [-0.2, -0.15) is 0 Å². The zero-order valence-corrected chi connectivity index (χ0v) is 13.9. The minimum Gasteiger partial charge on any atom is -0.317 e. The van der Waals surface area contributed by atoms with Crippen LogP contribution in [0.4, 0.5) is 0 Å². The van der Waals surface area contributed by atoms with E-state index in [0.29, 0.717) is 5.56 Å². The number of hydrogen-bond donors (Lipinski definition) is 1. The van der Waals surface area contributed by atoms with Crippen LogP contribution in [0.5, 0.6) is 0 Å². The zero-order chi connectivity index (χ0) is 16.6. The predicted molar refractivity (Wildman–Crippen MR) is 89.6 cm³/mol. The number of hydrogen-bond acceptors (Lipinski definition) is 3. The van der Waals surface area contributed by atoms with E-state index >= 15 is 0 Å². The largest absolute Gasteiger partial charge is 0.317 e. The summed E-state index contributed by atoms with van der Waals surface area (Å²) in [5, 5.41) is 2.17. The fourth-order valence-electron chi connectivity index (χ4n) is 2.24. The van der Waals surface area contributed by atoms with Crippen molar-refractivity contribution in [3.8, 4) is 0 Å². The van der Waals surface area contributed by atoms with Gasteiger partial charge in [-0.3, -0.25) is 14.4 Å². The number of Topliss-reactive ketones (excluding diaryl/α,β-unsaturated/α-hetero) is 2. The molecule has 0 fully saturated rings. The van der Waals surface area contributed by atoms with Gasteiger partial charge in [0.2, 0.25) is 11.6 Å². The molecule has 0 aliphatic heterocycles. The van der Waals surface area contributed by atoms with Crippen molar-refractivity contribution in [3.63, 3.8) is 0 Å². The molecule has 0 atom stereocenters. The Balaban J connectivity index is 1.95. The summed E-state index contributed by atoms with van der Waals surface area (Å²) in [6, 6.07) is 13.0. The Morgan fingerprint density at radius 3 is 2.09 bits per heavy atom. The molecule has 0 heterocycles. The maximum absolute atomic E-state index is 12.5. The summed E-state index contributed by atoms with van der Waals surface area (Å²) >= 11 is 9.28. The lowest BCUT2D eigenvalue weighted by Crippen LogP contribution is -2.33. The summed E-state index contributed by atoms with van der Waals surface area (Å²) < 4.78 is 0.823. The molecular weight excluding hydrogens is 382 g/mol. The standard InChI is InChI=1S/C17H9BrClNO3/c18-10-7-5-9(6-8-10)17(23)20-14-13(19)15(21)11-3-1-2-4-12(11)16(14)22/h1-8H,(H,20,23). The van der Waals surface area contributed by atoms with E-state index in [2.05, 4.69) is 21.2 Å². The van der Waals surface area contributed by atoms with E-state index in [4.69, 9.17) is 11.6 Å². The number of ketones is 2. The summed E-state index contributed by atoms with van der Waals surface area (Å²) in [6.45, 7) is 0.